The summed E-state index contributed by atoms with van der Waals surface area (Å²) in [6.45, 7) is 5.65. The molecule has 1 N–H and O–H groups in total. The second kappa shape index (κ2) is 5.55. The Hall–Kier alpha value is -1.60. The Morgan fingerprint density at radius 1 is 1.32 bits per heavy atom. The van der Waals surface area contributed by atoms with Crippen molar-refractivity contribution in [3.63, 3.8) is 0 Å². The smallest absolute Gasteiger partial charge is 0.322 e. The summed E-state index contributed by atoms with van der Waals surface area (Å²) in [6.07, 6.45) is 2.48. The molecular weight excluding hydrogens is 304 g/mol. The number of anilines is 1. The van der Waals surface area contributed by atoms with Crippen molar-refractivity contribution in [3.8, 4) is 0 Å². The van der Waals surface area contributed by atoms with Gasteiger partial charge in [0.2, 0.25) is 0 Å². The molecule has 0 spiro atoms. The van der Waals surface area contributed by atoms with Gasteiger partial charge < -0.3 is 19.5 Å². The van der Waals surface area contributed by atoms with Crippen molar-refractivity contribution in [3.05, 3.63) is 16.0 Å². The number of hydrogen-bond donors (Lipinski definition) is 1. The molecule has 2 aliphatic heterocycles. The first kappa shape index (κ1) is 15.3. The summed E-state index contributed by atoms with van der Waals surface area (Å²) in [5, 5.41) is 14.7. The number of hydrogen-bond acceptors (Lipinski definition) is 5. The van der Waals surface area contributed by atoms with Crippen LogP contribution < -0.4 is 10.4 Å². The van der Waals surface area contributed by atoms with Crippen LogP contribution in [0.1, 0.15) is 47.5 Å². The van der Waals surface area contributed by atoms with Crippen LogP contribution in [0.5, 0.6) is 0 Å². The highest BCUT2D eigenvalue weighted by molar-refractivity contribution is 7.16. The van der Waals surface area contributed by atoms with Crippen LogP contribution in [0, 0.1) is 0 Å². The fourth-order valence-corrected chi connectivity index (χ4v) is 4.06. The van der Waals surface area contributed by atoms with Gasteiger partial charge in [0.15, 0.2) is 0 Å². The Kier molecular flexibility index (Phi) is 3.86. The number of carboxylic acid groups (broad SMARTS) is 1. The molecule has 3 rings (SSSR count). The Labute approximate surface area is 133 Å². The maximum Gasteiger partial charge on any atom is 0.322 e. The minimum Gasteiger partial charge on any atom is -0.545 e. The largest absolute Gasteiger partial charge is 0.545 e. The van der Waals surface area contributed by atoms with Crippen molar-refractivity contribution in [2.75, 3.05) is 18.4 Å². The predicted octanol–water partition coefficient (Wildman–Crippen LogP) is 1.59. The van der Waals surface area contributed by atoms with Crippen LogP contribution in [0.3, 0.4) is 0 Å². The number of carboxylic acids is 1. The molecule has 2 amide bonds. The Morgan fingerprint density at radius 2 is 2.00 bits per heavy atom. The molecule has 0 unspecified atom stereocenters. The van der Waals surface area contributed by atoms with E-state index in [2.05, 4.69) is 5.32 Å². The number of nitrogens with one attached hydrogen (secondary N) is 1. The van der Waals surface area contributed by atoms with E-state index in [0.29, 0.717) is 31.1 Å². The molecule has 120 valence electrons. The van der Waals surface area contributed by atoms with Crippen LogP contribution in [0.2, 0.25) is 0 Å². The fraction of sp³-hybridized carbons (Fsp3) is 0.600. The molecule has 1 aromatic rings. The van der Waals surface area contributed by atoms with E-state index in [1.165, 1.54) is 11.3 Å². The van der Waals surface area contributed by atoms with Gasteiger partial charge in [-0.05, 0) is 32.3 Å². The summed E-state index contributed by atoms with van der Waals surface area (Å²) in [5.74, 6) is -1.24. The molecule has 2 aliphatic rings. The van der Waals surface area contributed by atoms with E-state index in [-0.39, 0.29) is 11.6 Å². The number of fused-ring (bicyclic) bond motifs is 1. The second-order valence-electron chi connectivity index (χ2n) is 6.34. The Bertz CT molecular complexity index is 617. The number of carbonyl (C=O) groups excluding carboxylic acids is 2. The zero-order valence-corrected chi connectivity index (χ0v) is 13.5. The number of aromatic carboxylic acids is 1. The highest BCUT2D eigenvalue weighted by Gasteiger charge is 2.32. The van der Waals surface area contributed by atoms with Gasteiger partial charge in [0.05, 0.1) is 18.2 Å². The molecule has 7 heteroatoms. The zero-order valence-electron chi connectivity index (χ0n) is 12.7. The minimum absolute atomic E-state index is 0.115. The van der Waals surface area contributed by atoms with Crippen LogP contribution in [0.15, 0.2) is 0 Å². The third kappa shape index (κ3) is 2.83. The van der Waals surface area contributed by atoms with Crippen molar-refractivity contribution in [1.29, 1.82) is 0 Å². The zero-order chi connectivity index (χ0) is 15.9. The van der Waals surface area contributed by atoms with Crippen LogP contribution in [0.4, 0.5) is 9.80 Å². The van der Waals surface area contributed by atoms with Gasteiger partial charge in [-0.15, -0.1) is 11.3 Å². The van der Waals surface area contributed by atoms with Crippen LogP contribution in [-0.2, 0) is 17.8 Å². The lowest BCUT2D eigenvalue weighted by molar-refractivity contribution is -0.255. The summed E-state index contributed by atoms with van der Waals surface area (Å²) < 4.78 is 5.72. The molecule has 1 fully saturated rings. The number of likely N-dealkylation sites (tertiary alicyclic amines) is 1. The lowest BCUT2D eigenvalue weighted by atomic mass is 9.93. The number of rotatable bonds is 2. The van der Waals surface area contributed by atoms with Crippen molar-refractivity contribution in [2.45, 2.75) is 45.3 Å². The van der Waals surface area contributed by atoms with Crippen LogP contribution in [0.25, 0.3) is 0 Å². The molecule has 22 heavy (non-hydrogen) atoms. The molecule has 0 bridgehead atoms. The molecule has 1 saturated heterocycles. The number of carbonyl (C=O) groups is 2. The Balaban J connectivity index is 1.89. The number of ether oxygens (including phenoxy) is 1. The third-order valence-electron chi connectivity index (χ3n) is 4.11. The molecule has 0 atom stereocenters. The van der Waals surface area contributed by atoms with Crippen LogP contribution in [-0.4, -0.2) is 35.6 Å². The SMILES string of the molecule is CC1(C)Cc2c(sc(NC(=O)N3CCCC3)c2C(=O)[O-])CO1. The van der Waals surface area contributed by atoms with E-state index in [1.807, 2.05) is 13.8 Å². The molecule has 1 aromatic heterocycles. The van der Waals surface area contributed by atoms with Gasteiger partial charge in [-0.2, -0.15) is 0 Å². The van der Waals surface area contributed by atoms with Gasteiger partial charge in [-0.1, -0.05) is 0 Å². The average molecular weight is 323 g/mol. The van der Waals surface area contributed by atoms with E-state index < -0.39 is 11.6 Å². The van der Waals surface area contributed by atoms with Crippen molar-refractivity contribution < 1.29 is 19.4 Å². The van der Waals surface area contributed by atoms with E-state index in [1.54, 1.807) is 4.90 Å². The number of amides is 2. The van der Waals surface area contributed by atoms with Gasteiger partial charge in [0.25, 0.3) is 0 Å². The molecule has 0 aliphatic carbocycles. The highest BCUT2D eigenvalue weighted by Crippen LogP contribution is 2.40. The lowest BCUT2D eigenvalue weighted by Crippen LogP contribution is -2.34. The summed E-state index contributed by atoms with van der Waals surface area (Å²) >= 11 is 1.27. The first-order valence-electron chi connectivity index (χ1n) is 7.43. The number of thiophene rings is 1. The minimum atomic E-state index is -1.24. The molecular formula is C15H19N2O4S-. The standard InChI is InChI=1S/C15H20N2O4S/c1-15(2)7-9-10(8-21-15)22-12(11(9)13(18)19)16-14(20)17-5-3-4-6-17/h3-8H2,1-2H3,(H,16,20)(H,18,19)/p-1. The van der Waals surface area contributed by atoms with Crippen molar-refractivity contribution in [1.82, 2.24) is 4.90 Å². The van der Waals surface area contributed by atoms with Crippen LogP contribution >= 0.6 is 11.3 Å². The topological polar surface area (TPSA) is 81.7 Å². The molecule has 3 heterocycles. The summed E-state index contributed by atoms with van der Waals surface area (Å²) in [6, 6.07) is -0.237. The van der Waals surface area contributed by atoms with Gasteiger partial charge in [-0.3, -0.25) is 5.32 Å². The summed E-state index contributed by atoms with van der Waals surface area (Å²) in [5.41, 5.74) is 0.441. The quantitative estimate of drug-likeness (QED) is 0.896. The summed E-state index contributed by atoms with van der Waals surface area (Å²) in [4.78, 5) is 26.3. The van der Waals surface area contributed by atoms with Crippen molar-refractivity contribution >= 4 is 28.3 Å². The molecule has 6 nitrogen and oxygen atoms in total. The third-order valence-corrected chi connectivity index (χ3v) is 5.23. The molecule has 0 aromatic carbocycles. The lowest BCUT2D eigenvalue weighted by Gasteiger charge is -2.30. The van der Waals surface area contributed by atoms with E-state index >= 15 is 0 Å². The summed E-state index contributed by atoms with van der Waals surface area (Å²) in [7, 11) is 0. The average Bonchev–Trinajstić information content (AvgIpc) is 3.04. The predicted molar refractivity (Wildman–Crippen MR) is 81.0 cm³/mol. The van der Waals surface area contributed by atoms with Gasteiger partial charge >= 0.3 is 6.03 Å². The fourth-order valence-electron chi connectivity index (χ4n) is 2.95. The van der Waals surface area contributed by atoms with Gasteiger partial charge in [-0.25, -0.2) is 4.79 Å². The number of urea groups is 1. The maximum atomic E-state index is 12.2. The van der Waals surface area contributed by atoms with E-state index in [4.69, 9.17) is 4.74 Å². The highest BCUT2D eigenvalue weighted by atomic mass is 32.1. The van der Waals surface area contributed by atoms with Gasteiger partial charge in [0.1, 0.15) is 5.00 Å². The number of nitrogens with zero attached hydrogens (tertiary/aromatic N) is 1. The second-order valence-corrected chi connectivity index (χ2v) is 7.45. The molecule has 0 radical (unpaired) electrons. The monoisotopic (exact) mass is 323 g/mol. The van der Waals surface area contributed by atoms with Gasteiger partial charge in [0, 0.05) is 30.0 Å². The normalized spacial score (nSPS) is 19.8. The molecule has 0 saturated carbocycles. The van der Waals surface area contributed by atoms with E-state index in [0.717, 1.165) is 23.3 Å². The first-order chi connectivity index (χ1) is 10.4. The Morgan fingerprint density at radius 3 is 2.64 bits per heavy atom. The maximum absolute atomic E-state index is 12.2. The van der Waals surface area contributed by atoms with Crippen molar-refractivity contribution in [2.24, 2.45) is 0 Å². The van der Waals surface area contributed by atoms with E-state index in [9.17, 15) is 14.7 Å². The first-order valence-corrected chi connectivity index (χ1v) is 8.25.